The molecule has 110 valence electrons. The number of carbonyl (C=O) groups excluding carboxylic acids is 1. The predicted octanol–water partition coefficient (Wildman–Crippen LogP) is 1.60. The van der Waals surface area contributed by atoms with Gasteiger partial charge in [0.15, 0.2) is 6.10 Å². The van der Waals surface area contributed by atoms with Gasteiger partial charge in [-0.25, -0.2) is 4.79 Å². The van der Waals surface area contributed by atoms with Crippen molar-refractivity contribution in [3.05, 3.63) is 23.8 Å². The number of amides is 1. The molecule has 1 aromatic carbocycles. The number of ether oxygens (including phenoxy) is 1. The van der Waals surface area contributed by atoms with Crippen LogP contribution in [0.25, 0.3) is 0 Å². The van der Waals surface area contributed by atoms with Crippen LogP contribution < -0.4 is 10.5 Å². The van der Waals surface area contributed by atoms with Gasteiger partial charge < -0.3 is 20.5 Å². The predicted molar refractivity (Wildman–Crippen MR) is 75.8 cm³/mol. The van der Waals surface area contributed by atoms with Gasteiger partial charge in [0.25, 0.3) is 5.91 Å². The molecule has 1 aromatic rings. The van der Waals surface area contributed by atoms with E-state index in [2.05, 4.69) is 0 Å². The highest BCUT2D eigenvalue weighted by atomic mass is 16.5. The molecule has 1 atom stereocenters. The fraction of sp³-hybridized carbons (Fsp3) is 0.429. The number of hydrogen-bond acceptors (Lipinski definition) is 4. The maximum atomic E-state index is 12.1. The van der Waals surface area contributed by atoms with Crippen LogP contribution in [0.15, 0.2) is 18.2 Å². The minimum absolute atomic E-state index is 0.0370. The molecule has 0 saturated heterocycles. The smallest absolute Gasteiger partial charge is 0.337 e. The summed E-state index contributed by atoms with van der Waals surface area (Å²) in [6, 6.07) is 4.32. The van der Waals surface area contributed by atoms with Crippen molar-refractivity contribution >= 4 is 17.6 Å². The molecule has 0 fully saturated rings. The van der Waals surface area contributed by atoms with Gasteiger partial charge in [0, 0.05) is 18.8 Å². The average Bonchev–Trinajstić information content (AvgIpc) is 2.41. The van der Waals surface area contributed by atoms with Crippen LogP contribution in [0.2, 0.25) is 0 Å². The number of nitrogen functional groups attached to an aromatic ring is 1. The largest absolute Gasteiger partial charge is 0.481 e. The molecule has 0 radical (unpaired) electrons. The number of anilines is 1. The lowest BCUT2D eigenvalue weighted by atomic mass is 10.1. The van der Waals surface area contributed by atoms with Crippen LogP contribution in [0.5, 0.6) is 5.75 Å². The summed E-state index contributed by atoms with van der Waals surface area (Å²) in [4.78, 5) is 24.7. The third-order valence-corrected chi connectivity index (χ3v) is 2.99. The molecule has 0 aliphatic carbocycles. The summed E-state index contributed by atoms with van der Waals surface area (Å²) < 4.78 is 5.50. The quantitative estimate of drug-likeness (QED) is 0.772. The Morgan fingerprint density at radius 1 is 1.35 bits per heavy atom. The van der Waals surface area contributed by atoms with Gasteiger partial charge in [-0.2, -0.15) is 0 Å². The lowest BCUT2D eigenvalue weighted by molar-refractivity contribution is -0.137. The van der Waals surface area contributed by atoms with Crippen molar-refractivity contribution in [1.82, 2.24) is 4.90 Å². The fourth-order valence-corrected chi connectivity index (χ4v) is 1.84. The Morgan fingerprint density at radius 3 is 2.45 bits per heavy atom. The molecule has 1 rings (SSSR count). The number of carboxylic acid groups (broad SMARTS) is 1. The van der Waals surface area contributed by atoms with Crippen LogP contribution in [-0.4, -0.2) is 41.1 Å². The minimum atomic E-state index is -1.13. The van der Waals surface area contributed by atoms with Crippen molar-refractivity contribution in [2.45, 2.75) is 26.9 Å². The Hall–Kier alpha value is -2.24. The van der Waals surface area contributed by atoms with Gasteiger partial charge in [-0.3, -0.25) is 4.79 Å². The molecule has 1 amide bonds. The Kier molecular flexibility index (Phi) is 5.37. The first-order valence-corrected chi connectivity index (χ1v) is 6.48. The number of aromatic carboxylic acids is 1. The number of carboxylic acids is 1. The molecule has 0 spiro atoms. The van der Waals surface area contributed by atoms with Gasteiger partial charge in [-0.05, 0) is 39.0 Å². The molecular formula is C14H20N2O4. The van der Waals surface area contributed by atoms with Crippen LogP contribution in [0, 0.1) is 0 Å². The van der Waals surface area contributed by atoms with Crippen molar-refractivity contribution in [3.8, 4) is 5.75 Å². The highest BCUT2D eigenvalue weighted by Gasteiger charge is 2.20. The second-order valence-electron chi connectivity index (χ2n) is 4.32. The van der Waals surface area contributed by atoms with E-state index < -0.39 is 12.1 Å². The van der Waals surface area contributed by atoms with Crippen molar-refractivity contribution in [2.24, 2.45) is 0 Å². The Bertz CT molecular complexity index is 498. The average molecular weight is 280 g/mol. The molecule has 3 N–H and O–H groups in total. The molecule has 1 unspecified atom stereocenters. The first-order chi connectivity index (χ1) is 9.40. The lowest BCUT2D eigenvalue weighted by Gasteiger charge is -2.23. The van der Waals surface area contributed by atoms with Crippen LogP contribution in [0.1, 0.15) is 31.1 Å². The number of rotatable bonds is 6. The fourth-order valence-electron chi connectivity index (χ4n) is 1.84. The third kappa shape index (κ3) is 3.63. The van der Waals surface area contributed by atoms with E-state index in [1.807, 2.05) is 13.8 Å². The summed E-state index contributed by atoms with van der Waals surface area (Å²) >= 11 is 0. The summed E-state index contributed by atoms with van der Waals surface area (Å²) in [6.07, 6.45) is -0.680. The van der Waals surface area contributed by atoms with Gasteiger partial charge in [-0.1, -0.05) is 0 Å². The summed E-state index contributed by atoms with van der Waals surface area (Å²) in [5.41, 5.74) is 5.68. The van der Waals surface area contributed by atoms with E-state index in [1.165, 1.54) is 12.1 Å². The molecule has 0 bridgehead atoms. The molecule has 6 heteroatoms. The zero-order chi connectivity index (χ0) is 15.3. The van der Waals surface area contributed by atoms with E-state index in [0.29, 0.717) is 18.8 Å². The van der Waals surface area contributed by atoms with Crippen molar-refractivity contribution < 1.29 is 19.4 Å². The second kappa shape index (κ2) is 6.79. The summed E-state index contributed by atoms with van der Waals surface area (Å²) in [5, 5.41) is 8.99. The maximum absolute atomic E-state index is 12.1. The van der Waals surface area contributed by atoms with Crippen molar-refractivity contribution in [3.63, 3.8) is 0 Å². The van der Waals surface area contributed by atoms with Crippen LogP contribution in [-0.2, 0) is 4.79 Å². The first kappa shape index (κ1) is 15.8. The number of carbonyl (C=O) groups is 2. The maximum Gasteiger partial charge on any atom is 0.337 e. The zero-order valence-corrected chi connectivity index (χ0v) is 11.9. The number of nitrogens with two attached hydrogens (primary N) is 1. The third-order valence-electron chi connectivity index (χ3n) is 2.99. The molecule has 6 nitrogen and oxygen atoms in total. The lowest BCUT2D eigenvalue weighted by Crippen LogP contribution is -2.40. The van der Waals surface area contributed by atoms with E-state index in [4.69, 9.17) is 15.6 Å². The van der Waals surface area contributed by atoms with E-state index in [-0.39, 0.29) is 17.2 Å². The van der Waals surface area contributed by atoms with Gasteiger partial charge in [0.1, 0.15) is 5.75 Å². The van der Waals surface area contributed by atoms with Crippen LogP contribution in [0.3, 0.4) is 0 Å². The number of hydrogen-bond donors (Lipinski definition) is 2. The summed E-state index contributed by atoms with van der Waals surface area (Å²) in [7, 11) is 0. The Morgan fingerprint density at radius 2 is 1.95 bits per heavy atom. The van der Waals surface area contributed by atoms with E-state index >= 15 is 0 Å². The van der Waals surface area contributed by atoms with Crippen molar-refractivity contribution in [1.29, 1.82) is 0 Å². The highest BCUT2D eigenvalue weighted by Crippen LogP contribution is 2.21. The van der Waals surface area contributed by atoms with Gasteiger partial charge in [0.2, 0.25) is 0 Å². The molecule has 0 aliphatic heterocycles. The topological polar surface area (TPSA) is 92.9 Å². The molecule has 0 saturated carbocycles. The van der Waals surface area contributed by atoms with Gasteiger partial charge in [0.05, 0.1) is 5.56 Å². The summed E-state index contributed by atoms with van der Waals surface area (Å²) in [6.45, 7) is 6.62. The highest BCUT2D eigenvalue weighted by molar-refractivity contribution is 5.94. The van der Waals surface area contributed by atoms with E-state index in [9.17, 15) is 9.59 Å². The molecular weight excluding hydrogens is 260 g/mol. The SMILES string of the molecule is CCN(CC)C(=O)C(C)Oc1ccc(N)c(C(=O)O)c1. The number of benzene rings is 1. The minimum Gasteiger partial charge on any atom is -0.481 e. The van der Waals surface area contributed by atoms with E-state index in [1.54, 1.807) is 17.9 Å². The monoisotopic (exact) mass is 280 g/mol. The van der Waals surface area contributed by atoms with Gasteiger partial charge in [-0.15, -0.1) is 0 Å². The van der Waals surface area contributed by atoms with E-state index in [0.717, 1.165) is 0 Å². The molecule has 0 aliphatic rings. The Balaban J connectivity index is 2.85. The molecule has 20 heavy (non-hydrogen) atoms. The first-order valence-electron chi connectivity index (χ1n) is 6.48. The Labute approximate surface area is 118 Å². The number of likely N-dealkylation sites (N-methyl/N-ethyl adjacent to an activating group) is 1. The standard InChI is InChI=1S/C14H20N2O4/c1-4-16(5-2)13(17)9(3)20-10-6-7-12(15)11(8-10)14(18)19/h6-9H,4-5,15H2,1-3H3,(H,18,19). The second-order valence-corrected chi connectivity index (χ2v) is 4.32. The summed E-state index contributed by atoms with van der Waals surface area (Å²) in [5.74, 6) is -0.955. The van der Waals surface area contributed by atoms with Crippen LogP contribution in [0.4, 0.5) is 5.69 Å². The van der Waals surface area contributed by atoms with Crippen LogP contribution >= 0.6 is 0 Å². The zero-order valence-electron chi connectivity index (χ0n) is 11.9. The number of nitrogens with zero attached hydrogens (tertiary/aromatic N) is 1. The van der Waals surface area contributed by atoms with Crippen molar-refractivity contribution in [2.75, 3.05) is 18.8 Å². The van der Waals surface area contributed by atoms with Gasteiger partial charge >= 0.3 is 5.97 Å². The normalized spacial score (nSPS) is 11.8. The molecule has 0 aromatic heterocycles. The molecule has 0 heterocycles.